The van der Waals surface area contributed by atoms with Gasteiger partial charge < -0.3 is 14.2 Å². The zero-order valence-electron chi connectivity index (χ0n) is 54.4. The fourth-order valence-electron chi connectivity index (χ4n) is 9.74. The monoisotopic (exact) mass is 1150 g/mol. The standard InChI is InChI=1S/C77H130O6/c1-4-7-10-13-16-19-22-24-26-28-30-31-32-33-34-35-36-37-38-39-40-41-42-43-44-45-47-48-50-52-55-58-61-64-67-70-76(79)82-73-74(72-81-75(78)69-66-63-60-57-54-21-18-15-12-9-6-3)83-77(80)71-68-65-62-59-56-53-51-49-46-29-27-25-23-20-17-14-11-8-5-2/h7-8,10-11,15-20,24-27,30-31,46,49,53,56,74H,4-6,9,12-14,21-23,28-29,32-45,47-48,50-52,54-55,57-73H2,1-3H3/b10-7-,11-8-,18-15-,19-16-,20-17-,26-24-,27-25-,31-30-,49-46-,56-53-. The van der Waals surface area contributed by atoms with Crippen LogP contribution in [0.4, 0.5) is 0 Å². The molecule has 83 heavy (non-hydrogen) atoms. The highest BCUT2D eigenvalue weighted by Gasteiger charge is 2.19. The van der Waals surface area contributed by atoms with Gasteiger partial charge in [-0.3, -0.25) is 14.4 Å². The molecule has 0 saturated heterocycles. The van der Waals surface area contributed by atoms with Crippen LogP contribution in [0.15, 0.2) is 122 Å². The number of hydrogen-bond donors (Lipinski definition) is 0. The van der Waals surface area contributed by atoms with Gasteiger partial charge in [0.25, 0.3) is 0 Å². The molecular weight excluding hydrogens is 1020 g/mol. The van der Waals surface area contributed by atoms with E-state index >= 15 is 0 Å². The van der Waals surface area contributed by atoms with Gasteiger partial charge in [-0.1, -0.05) is 309 Å². The molecule has 0 aliphatic carbocycles. The number of hydrogen-bond acceptors (Lipinski definition) is 6. The lowest BCUT2D eigenvalue weighted by molar-refractivity contribution is -0.167. The van der Waals surface area contributed by atoms with Crippen LogP contribution in [-0.4, -0.2) is 37.2 Å². The van der Waals surface area contributed by atoms with Crippen LogP contribution in [0.25, 0.3) is 0 Å². The van der Waals surface area contributed by atoms with Crippen LogP contribution in [0.1, 0.15) is 329 Å². The lowest BCUT2D eigenvalue weighted by Gasteiger charge is -2.18. The predicted molar refractivity (Wildman–Crippen MR) is 362 cm³/mol. The van der Waals surface area contributed by atoms with Crippen molar-refractivity contribution in [3.8, 4) is 0 Å². The highest BCUT2D eigenvalue weighted by Crippen LogP contribution is 2.17. The van der Waals surface area contributed by atoms with E-state index in [9.17, 15) is 14.4 Å². The molecule has 0 N–H and O–H groups in total. The topological polar surface area (TPSA) is 78.9 Å². The number of unbranched alkanes of at least 4 members (excludes halogenated alkanes) is 32. The molecule has 0 aliphatic rings. The lowest BCUT2D eigenvalue weighted by atomic mass is 10.0. The van der Waals surface area contributed by atoms with Gasteiger partial charge in [-0.05, 0) is 122 Å². The van der Waals surface area contributed by atoms with Crippen LogP contribution >= 0.6 is 0 Å². The van der Waals surface area contributed by atoms with Crippen molar-refractivity contribution in [1.29, 1.82) is 0 Å². The van der Waals surface area contributed by atoms with Crippen molar-refractivity contribution in [3.05, 3.63) is 122 Å². The van der Waals surface area contributed by atoms with Gasteiger partial charge in [-0.2, -0.15) is 0 Å². The third kappa shape index (κ3) is 68.5. The molecule has 1 unspecified atom stereocenters. The second-order valence-electron chi connectivity index (χ2n) is 23.0. The van der Waals surface area contributed by atoms with Crippen molar-refractivity contribution in [3.63, 3.8) is 0 Å². The molecule has 0 aromatic carbocycles. The highest BCUT2D eigenvalue weighted by atomic mass is 16.6. The maximum atomic E-state index is 12.9. The molecule has 1 atom stereocenters. The molecular formula is C77H130O6. The van der Waals surface area contributed by atoms with Gasteiger partial charge in [0.05, 0.1) is 0 Å². The number of carbonyl (C=O) groups is 3. The normalized spacial score (nSPS) is 12.9. The Hall–Kier alpha value is -4.19. The van der Waals surface area contributed by atoms with E-state index in [2.05, 4.69) is 142 Å². The maximum absolute atomic E-state index is 12.9. The van der Waals surface area contributed by atoms with E-state index in [1.54, 1.807) is 0 Å². The molecule has 0 aromatic heterocycles. The molecule has 0 bridgehead atoms. The van der Waals surface area contributed by atoms with Crippen molar-refractivity contribution in [2.75, 3.05) is 13.2 Å². The zero-order chi connectivity index (χ0) is 59.9. The largest absolute Gasteiger partial charge is 0.462 e. The summed E-state index contributed by atoms with van der Waals surface area (Å²) in [6.45, 7) is 6.36. The molecule has 6 heteroatoms. The van der Waals surface area contributed by atoms with E-state index in [1.807, 2.05) is 0 Å². The van der Waals surface area contributed by atoms with E-state index < -0.39 is 6.10 Å². The van der Waals surface area contributed by atoms with Gasteiger partial charge >= 0.3 is 17.9 Å². The Labute approximate surface area is 513 Å². The Morgan fingerprint density at radius 2 is 0.470 bits per heavy atom. The average Bonchev–Trinajstić information content (AvgIpc) is 3.48. The summed E-state index contributed by atoms with van der Waals surface area (Å²) in [7, 11) is 0. The number of allylic oxidation sites excluding steroid dienone is 20. The van der Waals surface area contributed by atoms with Gasteiger partial charge in [-0.25, -0.2) is 0 Å². The van der Waals surface area contributed by atoms with Gasteiger partial charge in [0, 0.05) is 19.3 Å². The van der Waals surface area contributed by atoms with Crippen LogP contribution in [0.2, 0.25) is 0 Å². The Bertz CT molecular complexity index is 1700. The summed E-state index contributed by atoms with van der Waals surface area (Å²) < 4.78 is 16.9. The summed E-state index contributed by atoms with van der Waals surface area (Å²) in [5.74, 6) is -0.925. The van der Waals surface area contributed by atoms with E-state index in [0.29, 0.717) is 12.8 Å². The van der Waals surface area contributed by atoms with Crippen LogP contribution < -0.4 is 0 Å². The summed E-state index contributed by atoms with van der Waals surface area (Å²) in [4.78, 5) is 38.3. The molecule has 0 rings (SSSR count). The van der Waals surface area contributed by atoms with Crippen molar-refractivity contribution in [2.24, 2.45) is 0 Å². The molecule has 0 aromatic rings. The van der Waals surface area contributed by atoms with Gasteiger partial charge in [0.15, 0.2) is 6.10 Å². The summed E-state index contributed by atoms with van der Waals surface area (Å²) in [5.41, 5.74) is 0. The summed E-state index contributed by atoms with van der Waals surface area (Å²) in [6, 6.07) is 0. The Kier molecular flexibility index (Phi) is 66.7. The smallest absolute Gasteiger partial charge is 0.306 e. The minimum atomic E-state index is -0.800. The van der Waals surface area contributed by atoms with Crippen molar-refractivity contribution < 1.29 is 28.6 Å². The average molecular weight is 1150 g/mol. The molecule has 0 aliphatic heterocycles. The van der Waals surface area contributed by atoms with Gasteiger partial charge in [-0.15, -0.1) is 0 Å². The summed E-state index contributed by atoms with van der Waals surface area (Å²) >= 11 is 0. The second kappa shape index (κ2) is 70.3. The molecule has 0 amide bonds. The lowest BCUT2D eigenvalue weighted by Crippen LogP contribution is -2.30. The van der Waals surface area contributed by atoms with E-state index in [-0.39, 0.29) is 37.5 Å². The van der Waals surface area contributed by atoms with Crippen LogP contribution in [0.3, 0.4) is 0 Å². The first-order valence-corrected chi connectivity index (χ1v) is 35.0. The first-order chi connectivity index (χ1) is 41.0. The number of rotatable bonds is 63. The minimum Gasteiger partial charge on any atom is -0.462 e. The third-order valence-corrected chi connectivity index (χ3v) is 14.9. The molecule has 0 heterocycles. The molecule has 0 saturated carbocycles. The first kappa shape index (κ1) is 78.8. The molecule has 6 nitrogen and oxygen atoms in total. The highest BCUT2D eigenvalue weighted by molar-refractivity contribution is 5.71. The quantitative estimate of drug-likeness (QED) is 0.0261. The summed E-state index contributed by atoms with van der Waals surface area (Å²) in [5, 5.41) is 0. The van der Waals surface area contributed by atoms with Gasteiger partial charge in [0.1, 0.15) is 13.2 Å². The molecule has 0 spiro atoms. The first-order valence-electron chi connectivity index (χ1n) is 35.0. The summed E-state index contributed by atoms with van der Waals surface area (Å²) in [6.07, 6.45) is 98.2. The van der Waals surface area contributed by atoms with E-state index in [0.717, 1.165) is 135 Å². The molecule has 0 radical (unpaired) electrons. The molecule has 474 valence electrons. The molecule has 0 fully saturated rings. The number of carbonyl (C=O) groups excluding carboxylic acids is 3. The SMILES string of the molecule is CC/C=C\C/C=C\C/C=C\C/C=C\C/C=C\CCCCCC(=O)OC(COC(=O)CCCCCCC/C=C\CCCC)COC(=O)CCCCCCCCCCCCCCCCCCCCCCCC/C=C\C/C=C\C/C=C\C/C=C\CC. The maximum Gasteiger partial charge on any atom is 0.306 e. The third-order valence-electron chi connectivity index (χ3n) is 14.9. The van der Waals surface area contributed by atoms with Crippen molar-refractivity contribution in [1.82, 2.24) is 0 Å². The van der Waals surface area contributed by atoms with Crippen molar-refractivity contribution >= 4 is 17.9 Å². The minimum absolute atomic E-state index is 0.0926. The predicted octanol–water partition coefficient (Wildman–Crippen LogP) is 24.3. The fourth-order valence-corrected chi connectivity index (χ4v) is 9.74. The van der Waals surface area contributed by atoms with Crippen LogP contribution in [0, 0.1) is 0 Å². The second-order valence-corrected chi connectivity index (χ2v) is 23.0. The van der Waals surface area contributed by atoms with Crippen LogP contribution in [0.5, 0.6) is 0 Å². The number of esters is 3. The van der Waals surface area contributed by atoms with Gasteiger partial charge in [0.2, 0.25) is 0 Å². The van der Waals surface area contributed by atoms with Crippen molar-refractivity contribution in [2.45, 2.75) is 335 Å². The number of ether oxygens (including phenoxy) is 3. The van der Waals surface area contributed by atoms with E-state index in [4.69, 9.17) is 14.2 Å². The Balaban J connectivity index is 4.14. The zero-order valence-corrected chi connectivity index (χ0v) is 54.4. The fraction of sp³-hybridized carbons (Fsp3) is 0.701. The van der Waals surface area contributed by atoms with Crippen LogP contribution in [-0.2, 0) is 28.6 Å². The Morgan fingerprint density at radius 3 is 0.759 bits per heavy atom. The Morgan fingerprint density at radius 1 is 0.253 bits per heavy atom. The van der Waals surface area contributed by atoms with E-state index in [1.165, 1.54) is 154 Å².